The molecule has 5 heteroatoms. The van der Waals surface area contributed by atoms with Gasteiger partial charge in [0.2, 0.25) is 0 Å². The van der Waals surface area contributed by atoms with Crippen molar-refractivity contribution in [1.29, 1.82) is 0 Å². The standard InChI is InChI=1S/C17H18N4O/c1-13-6-5-7-14(10-13)11-18-16(22)15-12-19-20(2)17(15)21-8-3-4-9-21/h3-10,12H,11H2,1-2H3,(H,18,22). The Balaban J connectivity index is 1.79. The SMILES string of the molecule is Cc1cccc(CNC(=O)c2cnn(C)c2-n2cccc2)c1. The first-order valence-electron chi connectivity index (χ1n) is 7.14. The number of hydrogen-bond acceptors (Lipinski definition) is 2. The van der Waals surface area contributed by atoms with Crippen molar-refractivity contribution in [3.8, 4) is 5.82 Å². The van der Waals surface area contributed by atoms with Gasteiger partial charge in [0.05, 0.1) is 6.20 Å². The fraction of sp³-hybridized carbons (Fsp3) is 0.176. The van der Waals surface area contributed by atoms with E-state index in [0.717, 1.165) is 11.4 Å². The summed E-state index contributed by atoms with van der Waals surface area (Å²) in [5, 5.41) is 7.15. The summed E-state index contributed by atoms with van der Waals surface area (Å²) in [7, 11) is 1.83. The molecule has 0 spiro atoms. The van der Waals surface area contributed by atoms with Gasteiger partial charge in [-0.15, -0.1) is 0 Å². The molecule has 5 nitrogen and oxygen atoms in total. The molecule has 2 heterocycles. The monoisotopic (exact) mass is 294 g/mol. The number of hydrogen-bond donors (Lipinski definition) is 1. The summed E-state index contributed by atoms with van der Waals surface area (Å²) in [6.45, 7) is 2.54. The zero-order valence-corrected chi connectivity index (χ0v) is 12.7. The molecular weight excluding hydrogens is 276 g/mol. The van der Waals surface area contributed by atoms with Gasteiger partial charge in [0.1, 0.15) is 11.4 Å². The van der Waals surface area contributed by atoms with Crippen LogP contribution < -0.4 is 5.32 Å². The third kappa shape index (κ3) is 2.79. The van der Waals surface area contributed by atoms with Crippen LogP contribution >= 0.6 is 0 Å². The molecule has 2 aromatic heterocycles. The van der Waals surface area contributed by atoms with Crippen LogP contribution in [0.2, 0.25) is 0 Å². The molecule has 112 valence electrons. The number of benzene rings is 1. The van der Waals surface area contributed by atoms with Gasteiger partial charge in [-0.05, 0) is 24.6 Å². The number of carbonyl (C=O) groups excluding carboxylic acids is 1. The number of nitrogens with one attached hydrogen (secondary N) is 1. The minimum atomic E-state index is -0.127. The van der Waals surface area contributed by atoms with E-state index in [1.807, 2.05) is 61.3 Å². The highest BCUT2D eigenvalue weighted by atomic mass is 16.1. The van der Waals surface area contributed by atoms with Crippen molar-refractivity contribution in [2.75, 3.05) is 0 Å². The second-order valence-electron chi connectivity index (χ2n) is 5.27. The molecule has 0 bridgehead atoms. The first-order valence-corrected chi connectivity index (χ1v) is 7.14. The summed E-state index contributed by atoms with van der Waals surface area (Å²) in [6, 6.07) is 11.9. The Hall–Kier alpha value is -2.82. The summed E-state index contributed by atoms with van der Waals surface area (Å²) in [5.74, 6) is 0.630. The molecule has 3 aromatic rings. The molecule has 3 rings (SSSR count). The topological polar surface area (TPSA) is 51.9 Å². The average Bonchev–Trinajstić information content (AvgIpc) is 3.14. The Morgan fingerprint density at radius 1 is 1.23 bits per heavy atom. The molecule has 22 heavy (non-hydrogen) atoms. The maximum absolute atomic E-state index is 12.5. The Kier molecular flexibility index (Phi) is 3.78. The van der Waals surface area contributed by atoms with Crippen molar-refractivity contribution in [3.63, 3.8) is 0 Å². The van der Waals surface area contributed by atoms with Crippen molar-refractivity contribution in [1.82, 2.24) is 19.7 Å². The molecule has 1 amide bonds. The molecule has 0 radical (unpaired) electrons. The predicted octanol–water partition coefficient (Wildman–Crippen LogP) is 2.45. The van der Waals surface area contributed by atoms with Crippen LogP contribution in [0.1, 0.15) is 21.5 Å². The lowest BCUT2D eigenvalue weighted by molar-refractivity contribution is 0.0951. The van der Waals surface area contributed by atoms with Crippen LogP contribution in [0.3, 0.4) is 0 Å². The zero-order valence-electron chi connectivity index (χ0n) is 12.7. The molecule has 0 aliphatic heterocycles. The molecule has 1 N–H and O–H groups in total. The van der Waals surface area contributed by atoms with E-state index in [1.54, 1.807) is 10.9 Å². The number of aromatic nitrogens is 3. The van der Waals surface area contributed by atoms with E-state index in [0.29, 0.717) is 12.1 Å². The van der Waals surface area contributed by atoms with E-state index in [-0.39, 0.29) is 5.91 Å². The van der Waals surface area contributed by atoms with Crippen LogP contribution in [0.15, 0.2) is 55.0 Å². The lowest BCUT2D eigenvalue weighted by Gasteiger charge is -2.09. The number of rotatable bonds is 4. The van der Waals surface area contributed by atoms with E-state index >= 15 is 0 Å². The normalized spacial score (nSPS) is 10.6. The summed E-state index contributed by atoms with van der Waals surface area (Å²) < 4.78 is 3.58. The van der Waals surface area contributed by atoms with Crippen LogP contribution in [-0.4, -0.2) is 20.3 Å². The van der Waals surface area contributed by atoms with Crippen molar-refractivity contribution >= 4 is 5.91 Å². The van der Waals surface area contributed by atoms with Gasteiger partial charge in [-0.3, -0.25) is 9.48 Å². The van der Waals surface area contributed by atoms with Gasteiger partial charge in [-0.25, -0.2) is 0 Å². The van der Waals surface area contributed by atoms with Crippen molar-refractivity contribution < 1.29 is 4.79 Å². The maximum atomic E-state index is 12.5. The Labute approximate surface area is 129 Å². The highest BCUT2D eigenvalue weighted by molar-refractivity contribution is 5.97. The molecule has 0 saturated heterocycles. The number of carbonyl (C=O) groups is 1. The van der Waals surface area contributed by atoms with Gasteiger partial charge in [-0.2, -0.15) is 5.10 Å². The van der Waals surface area contributed by atoms with Crippen LogP contribution in [-0.2, 0) is 13.6 Å². The van der Waals surface area contributed by atoms with E-state index in [1.165, 1.54) is 5.56 Å². The second kappa shape index (κ2) is 5.89. The molecule has 0 atom stereocenters. The Morgan fingerprint density at radius 3 is 2.73 bits per heavy atom. The van der Waals surface area contributed by atoms with E-state index in [4.69, 9.17) is 0 Å². The number of nitrogens with zero attached hydrogens (tertiary/aromatic N) is 3. The van der Waals surface area contributed by atoms with Gasteiger partial charge in [0.25, 0.3) is 5.91 Å². The smallest absolute Gasteiger partial charge is 0.256 e. The van der Waals surface area contributed by atoms with Crippen molar-refractivity contribution in [2.45, 2.75) is 13.5 Å². The van der Waals surface area contributed by atoms with Gasteiger partial charge in [-0.1, -0.05) is 29.8 Å². The number of amides is 1. The highest BCUT2D eigenvalue weighted by Gasteiger charge is 2.16. The lowest BCUT2D eigenvalue weighted by atomic mass is 10.1. The quantitative estimate of drug-likeness (QED) is 0.803. The lowest BCUT2D eigenvalue weighted by Crippen LogP contribution is -2.24. The Bertz CT molecular complexity index is 787. The number of aryl methyl sites for hydroxylation is 2. The van der Waals surface area contributed by atoms with Crippen LogP contribution in [0, 0.1) is 6.92 Å². The molecular formula is C17H18N4O. The van der Waals surface area contributed by atoms with Crippen molar-refractivity contribution in [2.24, 2.45) is 7.05 Å². The summed E-state index contributed by atoms with van der Waals surface area (Å²) >= 11 is 0. The molecule has 1 aromatic carbocycles. The first kappa shape index (κ1) is 14.1. The molecule has 0 fully saturated rings. The zero-order chi connectivity index (χ0) is 15.5. The molecule has 0 saturated carbocycles. The summed E-state index contributed by atoms with van der Waals surface area (Å²) in [5.41, 5.74) is 2.83. The average molecular weight is 294 g/mol. The molecule has 0 aliphatic rings. The summed E-state index contributed by atoms with van der Waals surface area (Å²) in [6.07, 6.45) is 5.39. The highest BCUT2D eigenvalue weighted by Crippen LogP contribution is 2.14. The van der Waals surface area contributed by atoms with Crippen molar-refractivity contribution in [3.05, 3.63) is 71.7 Å². The third-order valence-electron chi connectivity index (χ3n) is 3.54. The van der Waals surface area contributed by atoms with Gasteiger partial charge in [0.15, 0.2) is 0 Å². The largest absolute Gasteiger partial charge is 0.348 e. The van der Waals surface area contributed by atoms with Gasteiger partial charge >= 0.3 is 0 Å². The maximum Gasteiger partial charge on any atom is 0.256 e. The molecule has 0 aliphatic carbocycles. The molecule has 0 unspecified atom stereocenters. The van der Waals surface area contributed by atoms with Crippen LogP contribution in [0.5, 0.6) is 0 Å². The second-order valence-corrected chi connectivity index (χ2v) is 5.27. The first-order chi connectivity index (χ1) is 10.6. The van der Waals surface area contributed by atoms with E-state index in [9.17, 15) is 4.79 Å². The van der Waals surface area contributed by atoms with E-state index < -0.39 is 0 Å². The van der Waals surface area contributed by atoms with Gasteiger partial charge in [0, 0.05) is 26.0 Å². The minimum Gasteiger partial charge on any atom is -0.348 e. The minimum absolute atomic E-state index is 0.127. The fourth-order valence-electron chi connectivity index (χ4n) is 2.47. The predicted molar refractivity (Wildman–Crippen MR) is 84.9 cm³/mol. The summed E-state index contributed by atoms with van der Waals surface area (Å²) in [4.78, 5) is 12.5. The third-order valence-corrected chi connectivity index (χ3v) is 3.54. The van der Waals surface area contributed by atoms with Gasteiger partial charge < -0.3 is 9.88 Å². The Morgan fingerprint density at radius 2 is 2.00 bits per heavy atom. The fourth-order valence-corrected chi connectivity index (χ4v) is 2.47. The van der Waals surface area contributed by atoms with Crippen LogP contribution in [0.4, 0.5) is 0 Å². The van der Waals surface area contributed by atoms with Crippen LogP contribution in [0.25, 0.3) is 5.82 Å². The van der Waals surface area contributed by atoms with E-state index in [2.05, 4.69) is 16.5 Å².